The monoisotopic (exact) mass is 334 g/mol. The van der Waals surface area contributed by atoms with Crippen molar-refractivity contribution in [2.45, 2.75) is 32.3 Å². The first-order chi connectivity index (χ1) is 12.1. The first-order valence-corrected chi connectivity index (χ1v) is 8.80. The Kier molecular flexibility index (Phi) is 3.65. The number of H-pyrrole nitrogens is 1. The van der Waals surface area contributed by atoms with Crippen LogP contribution in [0.3, 0.4) is 0 Å². The van der Waals surface area contributed by atoms with Gasteiger partial charge in [0.1, 0.15) is 0 Å². The molecule has 0 radical (unpaired) electrons. The van der Waals surface area contributed by atoms with E-state index in [2.05, 4.69) is 11.9 Å². The number of rotatable bonds is 4. The van der Waals surface area contributed by atoms with Crippen molar-refractivity contribution in [1.82, 2.24) is 4.98 Å². The summed E-state index contributed by atoms with van der Waals surface area (Å²) in [6, 6.07) is 15.4. The first-order valence-electron chi connectivity index (χ1n) is 8.80. The molecule has 2 N–H and O–H groups in total. The molecule has 4 heteroatoms. The lowest BCUT2D eigenvalue weighted by molar-refractivity contribution is -0.132. The Morgan fingerprint density at radius 3 is 2.64 bits per heavy atom. The molecule has 0 unspecified atom stereocenters. The van der Waals surface area contributed by atoms with Crippen LogP contribution >= 0.6 is 0 Å². The van der Waals surface area contributed by atoms with Crippen molar-refractivity contribution >= 4 is 22.5 Å². The predicted molar refractivity (Wildman–Crippen MR) is 99.7 cm³/mol. The van der Waals surface area contributed by atoms with E-state index in [0.29, 0.717) is 17.7 Å². The van der Waals surface area contributed by atoms with E-state index in [9.17, 15) is 9.90 Å². The fourth-order valence-electron chi connectivity index (χ4n) is 3.96. The van der Waals surface area contributed by atoms with Gasteiger partial charge in [0.25, 0.3) is 5.91 Å². The van der Waals surface area contributed by atoms with Crippen LogP contribution < -0.4 is 4.90 Å². The number of para-hydroxylation sites is 2. The first kappa shape index (κ1) is 15.9. The SMILES string of the molecule is CCCCN1C(=O)[C@](O)(c2c(C)[nH]c3ccccc23)c2ccccc21. The highest BCUT2D eigenvalue weighted by Crippen LogP contribution is 2.47. The van der Waals surface area contributed by atoms with Gasteiger partial charge in [-0.3, -0.25) is 4.79 Å². The zero-order valence-corrected chi connectivity index (χ0v) is 14.5. The van der Waals surface area contributed by atoms with Gasteiger partial charge in [0.15, 0.2) is 5.60 Å². The van der Waals surface area contributed by atoms with E-state index >= 15 is 0 Å². The van der Waals surface area contributed by atoms with E-state index in [-0.39, 0.29) is 5.91 Å². The zero-order chi connectivity index (χ0) is 17.6. The largest absolute Gasteiger partial charge is 0.372 e. The molecule has 0 saturated carbocycles. The average molecular weight is 334 g/mol. The minimum absolute atomic E-state index is 0.255. The molecule has 1 atom stereocenters. The number of benzene rings is 2. The van der Waals surface area contributed by atoms with Crippen molar-refractivity contribution in [3.8, 4) is 0 Å². The van der Waals surface area contributed by atoms with Crippen molar-refractivity contribution < 1.29 is 9.90 Å². The number of fused-ring (bicyclic) bond motifs is 2. The number of hydrogen-bond donors (Lipinski definition) is 2. The minimum Gasteiger partial charge on any atom is -0.372 e. The van der Waals surface area contributed by atoms with Crippen molar-refractivity contribution in [2.75, 3.05) is 11.4 Å². The molecule has 0 bridgehead atoms. The molecule has 4 nitrogen and oxygen atoms in total. The number of nitrogens with one attached hydrogen (secondary N) is 1. The second-order valence-corrected chi connectivity index (χ2v) is 6.71. The molecule has 0 spiro atoms. The van der Waals surface area contributed by atoms with E-state index < -0.39 is 5.60 Å². The number of nitrogens with zero attached hydrogens (tertiary/aromatic N) is 1. The smallest absolute Gasteiger partial charge is 0.268 e. The maximum atomic E-state index is 13.3. The molecule has 0 fully saturated rings. The Morgan fingerprint density at radius 2 is 1.84 bits per heavy atom. The van der Waals surface area contributed by atoms with E-state index in [4.69, 9.17) is 0 Å². The van der Waals surface area contributed by atoms with Crippen molar-refractivity contribution in [2.24, 2.45) is 0 Å². The third-order valence-corrected chi connectivity index (χ3v) is 5.13. The molecule has 4 rings (SSSR count). The van der Waals surface area contributed by atoms with Gasteiger partial charge < -0.3 is 15.0 Å². The van der Waals surface area contributed by atoms with Crippen LogP contribution in [0.5, 0.6) is 0 Å². The molecule has 0 saturated heterocycles. The number of carbonyl (C=O) groups excluding carboxylic acids is 1. The third-order valence-electron chi connectivity index (χ3n) is 5.13. The van der Waals surface area contributed by atoms with E-state index in [0.717, 1.165) is 35.1 Å². The summed E-state index contributed by atoms with van der Waals surface area (Å²) in [6.07, 6.45) is 1.90. The Balaban J connectivity index is 1.96. The molecule has 25 heavy (non-hydrogen) atoms. The van der Waals surface area contributed by atoms with Gasteiger partial charge in [-0.2, -0.15) is 0 Å². The van der Waals surface area contributed by atoms with Crippen LogP contribution in [0.15, 0.2) is 48.5 Å². The summed E-state index contributed by atoms with van der Waals surface area (Å²) < 4.78 is 0. The van der Waals surface area contributed by atoms with E-state index in [1.165, 1.54) is 0 Å². The lowest BCUT2D eigenvalue weighted by Crippen LogP contribution is -2.41. The van der Waals surface area contributed by atoms with Crippen LogP contribution in [-0.2, 0) is 10.4 Å². The molecule has 2 heterocycles. The average Bonchev–Trinajstić information content (AvgIpc) is 3.07. The lowest BCUT2D eigenvalue weighted by atomic mass is 9.85. The highest BCUT2D eigenvalue weighted by Gasteiger charge is 2.52. The summed E-state index contributed by atoms with van der Waals surface area (Å²) in [5.74, 6) is -0.255. The zero-order valence-electron chi connectivity index (χ0n) is 14.5. The van der Waals surface area contributed by atoms with Gasteiger partial charge in [-0.05, 0) is 25.5 Å². The van der Waals surface area contributed by atoms with Crippen LogP contribution in [0.2, 0.25) is 0 Å². The minimum atomic E-state index is -1.64. The van der Waals surface area contributed by atoms with Gasteiger partial charge in [-0.25, -0.2) is 0 Å². The molecule has 1 aliphatic heterocycles. The molecule has 1 amide bonds. The molecule has 0 aliphatic carbocycles. The fraction of sp³-hybridized carbons (Fsp3) is 0.286. The Hall–Kier alpha value is -2.59. The highest BCUT2D eigenvalue weighted by molar-refractivity contribution is 6.11. The van der Waals surface area contributed by atoms with Crippen LogP contribution in [0.25, 0.3) is 10.9 Å². The van der Waals surface area contributed by atoms with Gasteiger partial charge in [0.05, 0.1) is 5.69 Å². The topological polar surface area (TPSA) is 56.3 Å². The van der Waals surface area contributed by atoms with Crippen LogP contribution in [0.1, 0.15) is 36.6 Å². The summed E-state index contributed by atoms with van der Waals surface area (Å²) in [6.45, 7) is 4.64. The van der Waals surface area contributed by atoms with Crippen LogP contribution in [0.4, 0.5) is 5.69 Å². The molecule has 128 valence electrons. The summed E-state index contributed by atoms with van der Waals surface area (Å²) >= 11 is 0. The summed E-state index contributed by atoms with van der Waals surface area (Å²) in [5.41, 5.74) is 2.26. The number of amides is 1. The number of hydrogen-bond acceptors (Lipinski definition) is 2. The quantitative estimate of drug-likeness (QED) is 0.761. The van der Waals surface area contributed by atoms with Crippen LogP contribution in [-0.4, -0.2) is 22.5 Å². The molecule has 1 aromatic heterocycles. The van der Waals surface area contributed by atoms with E-state index in [1.807, 2.05) is 55.5 Å². The second-order valence-electron chi connectivity index (χ2n) is 6.71. The standard InChI is InChI=1S/C21H22N2O2/c1-3-4-13-23-18-12-8-6-10-16(18)21(25,20(23)24)19-14(2)22-17-11-7-5-9-15(17)19/h5-12,22,25H,3-4,13H2,1-2H3/t21-/m1/s1. The second kappa shape index (κ2) is 5.74. The lowest BCUT2D eigenvalue weighted by Gasteiger charge is -2.24. The number of aromatic nitrogens is 1. The van der Waals surface area contributed by atoms with Gasteiger partial charge in [0, 0.05) is 34.3 Å². The number of unbranched alkanes of at least 4 members (excludes halogenated alkanes) is 1. The number of aliphatic hydroxyl groups is 1. The predicted octanol–water partition coefficient (Wildman–Crippen LogP) is 3.86. The van der Waals surface area contributed by atoms with Gasteiger partial charge in [-0.15, -0.1) is 0 Å². The maximum absolute atomic E-state index is 13.3. The number of aryl methyl sites for hydroxylation is 1. The van der Waals surface area contributed by atoms with Crippen molar-refractivity contribution in [3.63, 3.8) is 0 Å². The van der Waals surface area contributed by atoms with Gasteiger partial charge >= 0.3 is 0 Å². The molecular formula is C21H22N2O2. The van der Waals surface area contributed by atoms with Gasteiger partial charge in [0.2, 0.25) is 0 Å². The molecule has 1 aliphatic rings. The normalized spacial score (nSPS) is 19.6. The Morgan fingerprint density at radius 1 is 1.12 bits per heavy atom. The number of aromatic amines is 1. The van der Waals surface area contributed by atoms with Crippen LogP contribution in [0, 0.1) is 6.92 Å². The fourth-order valence-corrected chi connectivity index (χ4v) is 3.96. The number of carbonyl (C=O) groups is 1. The Bertz CT molecular complexity index is 959. The third kappa shape index (κ3) is 2.14. The Labute approximate surface area is 147 Å². The van der Waals surface area contributed by atoms with Gasteiger partial charge in [-0.1, -0.05) is 49.7 Å². The maximum Gasteiger partial charge on any atom is 0.268 e. The highest BCUT2D eigenvalue weighted by atomic mass is 16.3. The summed E-state index contributed by atoms with van der Waals surface area (Å²) in [4.78, 5) is 18.4. The summed E-state index contributed by atoms with van der Waals surface area (Å²) in [7, 11) is 0. The van der Waals surface area contributed by atoms with Crippen molar-refractivity contribution in [1.29, 1.82) is 0 Å². The molecular weight excluding hydrogens is 312 g/mol. The molecule has 2 aromatic carbocycles. The molecule has 3 aromatic rings. The van der Waals surface area contributed by atoms with Crippen molar-refractivity contribution in [3.05, 3.63) is 65.4 Å². The van der Waals surface area contributed by atoms with E-state index in [1.54, 1.807) is 4.90 Å². The summed E-state index contributed by atoms with van der Waals surface area (Å²) in [5, 5.41) is 12.6. The number of anilines is 1.